The van der Waals surface area contributed by atoms with E-state index in [1.165, 1.54) is 0 Å². The summed E-state index contributed by atoms with van der Waals surface area (Å²) in [6, 6.07) is 11.8. The van der Waals surface area contributed by atoms with Crippen molar-refractivity contribution in [3.63, 3.8) is 0 Å². The quantitative estimate of drug-likeness (QED) is 0.617. The van der Waals surface area contributed by atoms with Gasteiger partial charge in [-0.3, -0.25) is 4.79 Å². The highest BCUT2D eigenvalue weighted by atomic mass is 127. The fourth-order valence-corrected chi connectivity index (χ4v) is 3.80. The molecule has 2 aromatic heterocycles. The first-order valence-corrected chi connectivity index (χ1v) is 9.08. The van der Waals surface area contributed by atoms with Crippen LogP contribution < -0.4 is 5.32 Å². The smallest absolute Gasteiger partial charge is 0.230 e. The highest BCUT2D eigenvalue weighted by Crippen LogP contribution is 2.27. The number of amides is 1. The summed E-state index contributed by atoms with van der Waals surface area (Å²) in [6.45, 7) is 0. The average molecular weight is 426 g/mol. The monoisotopic (exact) mass is 426 g/mol. The third kappa shape index (κ3) is 3.90. The molecule has 0 radical (unpaired) electrons. The van der Waals surface area contributed by atoms with Crippen molar-refractivity contribution in [1.29, 1.82) is 0 Å². The van der Waals surface area contributed by atoms with Crippen LogP contribution in [0.3, 0.4) is 0 Å². The van der Waals surface area contributed by atoms with E-state index >= 15 is 0 Å². The van der Waals surface area contributed by atoms with E-state index in [2.05, 4.69) is 32.9 Å². The maximum absolute atomic E-state index is 12.0. The number of carbonyl (C=O) groups is 1. The van der Waals surface area contributed by atoms with Crippen molar-refractivity contribution in [1.82, 2.24) is 4.98 Å². The highest BCUT2D eigenvalue weighted by molar-refractivity contribution is 14.1. The standard InChI is InChI=1S/C15H11IN2OS2/c16-10-3-5-11(6-4-10)17-14(19)8-12-9-21-15(18-12)13-2-1-7-20-13/h1-7,9H,8H2,(H,17,19). The number of nitrogens with one attached hydrogen (secondary N) is 1. The number of hydrogen-bond acceptors (Lipinski definition) is 4. The molecule has 0 bridgehead atoms. The molecule has 21 heavy (non-hydrogen) atoms. The van der Waals surface area contributed by atoms with Crippen LogP contribution in [0.1, 0.15) is 5.69 Å². The van der Waals surface area contributed by atoms with Gasteiger partial charge in [-0.25, -0.2) is 4.98 Å². The van der Waals surface area contributed by atoms with Gasteiger partial charge in [-0.15, -0.1) is 22.7 Å². The van der Waals surface area contributed by atoms with E-state index in [-0.39, 0.29) is 5.91 Å². The number of anilines is 1. The largest absolute Gasteiger partial charge is 0.326 e. The van der Waals surface area contributed by atoms with Crippen LogP contribution in [0.2, 0.25) is 0 Å². The van der Waals surface area contributed by atoms with Crippen molar-refractivity contribution >= 4 is 56.9 Å². The second kappa shape index (κ2) is 6.67. The van der Waals surface area contributed by atoms with Crippen LogP contribution >= 0.6 is 45.3 Å². The molecule has 0 spiro atoms. The Morgan fingerprint density at radius 1 is 1.19 bits per heavy atom. The van der Waals surface area contributed by atoms with E-state index in [9.17, 15) is 4.79 Å². The highest BCUT2D eigenvalue weighted by Gasteiger charge is 2.09. The van der Waals surface area contributed by atoms with Crippen molar-refractivity contribution in [3.05, 3.63) is 56.4 Å². The summed E-state index contributed by atoms with van der Waals surface area (Å²) < 4.78 is 1.14. The molecule has 0 aliphatic heterocycles. The number of benzene rings is 1. The number of hydrogen-bond donors (Lipinski definition) is 1. The molecule has 1 amide bonds. The predicted molar refractivity (Wildman–Crippen MR) is 96.9 cm³/mol. The summed E-state index contributed by atoms with van der Waals surface area (Å²) in [7, 11) is 0. The lowest BCUT2D eigenvalue weighted by Crippen LogP contribution is -2.14. The summed E-state index contributed by atoms with van der Waals surface area (Å²) >= 11 is 5.47. The number of halogens is 1. The maximum atomic E-state index is 12.0. The third-order valence-electron chi connectivity index (χ3n) is 2.75. The summed E-state index contributed by atoms with van der Waals surface area (Å²) in [5.41, 5.74) is 1.63. The van der Waals surface area contributed by atoms with Crippen molar-refractivity contribution < 1.29 is 4.79 Å². The Balaban J connectivity index is 1.64. The van der Waals surface area contributed by atoms with E-state index < -0.39 is 0 Å². The summed E-state index contributed by atoms with van der Waals surface area (Å²) in [5.74, 6) is -0.0424. The number of rotatable bonds is 4. The van der Waals surface area contributed by atoms with Crippen LogP contribution in [0.15, 0.2) is 47.2 Å². The minimum atomic E-state index is -0.0424. The molecule has 0 fully saturated rings. The van der Waals surface area contributed by atoms with Crippen molar-refractivity contribution in [2.24, 2.45) is 0 Å². The first kappa shape index (κ1) is 14.7. The van der Waals surface area contributed by atoms with Crippen molar-refractivity contribution in [2.75, 3.05) is 5.32 Å². The Morgan fingerprint density at radius 2 is 2.00 bits per heavy atom. The van der Waals surface area contributed by atoms with E-state index in [0.717, 1.165) is 24.8 Å². The zero-order valence-electron chi connectivity index (χ0n) is 10.9. The molecule has 3 rings (SSSR count). The van der Waals surface area contributed by atoms with Crippen molar-refractivity contribution in [3.8, 4) is 9.88 Å². The van der Waals surface area contributed by atoms with Gasteiger partial charge in [0.05, 0.1) is 17.0 Å². The van der Waals surface area contributed by atoms with Gasteiger partial charge in [0, 0.05) is 14.6 Å². The molecular formula is C15H11IN2OS2. The SMILES string of the molecule is O=C(Cc1csc(-c2cccs2)n1)Nc1ccc(I)cc1. The molecule has 1 aromatic carbocycles. The molecule has 3 nitrogen and oxygen atoms in total. The number of thiazole rings is 1. The van der Waals surface area contributed by atoms with Gasteiger partial charge < -0.3 is 5.32 Å². The van der Waals surface area contributed by atoms with E-state index in [0.29, 0.717) is 6.42 Å². The normalized spacial score (nSPS) is 10.5. The first-order valence-electron chi connectivity index (χ1n) is 6.24. The van der Waals surface area contributed by atoms with Crippen LogP contribution in [0.5, 0.6) is 0 Å². The molecule has 0 aliphatic rings. The zero-order valence-corrected chi connectivity index (χ0v) is 14.7. The molecule has 0 saturated carbocycles. The Bertz CT molecular complexity index is 735. The number of aromatic nitrogens is 1. The first-order chi connectivity index (χ1) is 10.2. The molecular weight excluding hydrogens is 415 g/mol. The molecule has 3 aromatic rings. The van der Waals surface area contributed by atoms with Crippen molar-refractivity contribution in [2.45, 2.75) is 6.42 Å². The second-order valence-electron chi connectivity index (χ2n) is 4.35. The number of thiophene rings is 1. The van der Waals surface area contributed by atoms with Gasteiger partial charge in [-0.1, -0.05) is 6.07 Å². The molecule has 0 atom stereocenters. The predicted octanol–water partition coefficient (Wildman–Crippen LogP) is 4.66. The molecule has 106 valence electrons. The summed E-state index contributed by atoms with van der Waals surface area (Å²) in [5, 5.41) is 7.84. The minimum Gasteiger partial charge on any atom is -0.326 e. The van der Waals surface area contributed by atoms with Gasteiger partial charge in [-0.05, 0) is 58.3 Å². The van der Waals surface area contributed by atoms with Crippen LogP contribution in [0.25, 0.3) is 9.88 Å². The number of carbonyl (C=O) groups excluding carboxylic acids is 1. The molecule has 1 N–H and O–H groups in total. The summed E-state index contributed by atoms with van der Waals surface area (Å²) in [6.07, 6.45) is 0.299. The molecule has 2 heterocycles. The fraction of sp³-hybridized carbons (Fsp3) is 0.0667. The van der Waals surface area contributed by atoms with Gasteiger partial charge in [0.25, 0.3) is 0 Å². The fourth-order valence-electron chi connectivity index (χ4n) is 1.80. The van der Waals surface area contributed by atoms with Crippen LogP contribution in [0, 0.1) is 3.57 Å². The van der Waals surface area contributed by atoms with Crippen LogP contribution in [-0.2, 0) is 11.2 Å². The molecule has 0 unspecified atom stereocenters. The second-order valence-corrected chi connectivity index (χ2v) is 7.40. The van der Waals surface area contributed by atoms with Gasteiger partial charge in [0.1, 0.15) is 5.01 Å². The van der Waals surface area contributed by atoms with E-state index in [1.807, 2.05) is 47.2 Å². The van der Waals surface area contributed by atoms with Crippen LogP contribution in [-0.4, -0.2) is 10.9 Å². The van der Waals surface area contributed by atoms with Gasteiger partial charge >= 0.3 is 0 Å². The molecule has 0 aliphatic carbocycles. The minimum absolute atomic E-state index is 0.0424. The van der Waals surface area contributed by atoms with Gasteiger partial charge in [-0.2, -0.15) is 0 Å². The molecule has 6 heteroatoms. The Kier molecular flexibility index (Phi) is 4.67. The van der Waals surface area contributed by atoms with Gasteiger partial charge in [0.2, 0.25) is 5.91 Å². The van der Waals surface area contributed by atoms with Gasteiger partial charge in [0.15, 0.2) is 0 Å². The number of nitrogens with zero attached hydrogens (tertiary/aromatic N) is 1. The summed E-state index contributed by atoms with van der Waals surface area (Å²) in [4.78, 5) is 17.7. The Morgan fingerprint density at radius 3 is 2.71 bits per heavy atom. The Hall–Kier alpha value is -1.25. The van der Waals surface area contributed by atoms with E-state index in [4.69, 9.17) is 0 Å². The maximum Gasteiger partial charge on any atom is 0.230 e. The molecule has 0 saturated heterocycles. The lowest BCUT2D eigenvalue weighted by molar-refractivity contribution is -0.115. The lowest BCUT2D eigenvalue weighted by atomic mass is 10.3. The third-order valence-corrected chi connectivity index (χ3v) is 5.40. The van der Waals surface area contributed by atoms with Crippen LogP contribution in [0.4, 0.5) is 5.69 Å². The average Bonchev–Trinajstić information content (AvgIpc) is 3.12. The topological polar surface area (TPSA) is 42.0 Å². The van der Waals surface area contributed by atoms with E-state index in [1.54, 1.807) is 22.7 Å². The Labute approximate surface area is 144 Å². The zero-order chi connectivity index (χ0) is 14.7. The lowest BCUT2D eigenvalue weighted by Gasteiger charge is -2.03.